The Hall–Kier alpha value is -1.09. The van der Waals surface area contributed by atoms with Gasteiger partial charge >= 0.3 is 0 Å². The molecule has 0 radical (unpaired) electrons. The highest BCUT2D eigenvalue weighted by atomic mass is 32.2. The molecule has 0 aliphatic heterocycles. The van der Waals surface area contributed by atoms with Gasteiger partial charge in [-0.25, -0.2) is 8.42 Å². The first-order valence-corrected chi connectivity index (χ1v) is 6.14. The standard InChI is InChI=1S/C8H14N2O3S/c1-3-10(4-2)8(11)7-14(12,13)6-5-9/h3-4,6-7H2,1-2H3. The molecular formula is C8H14N2O3S. The molecule has 0 N–H and O–H groups in total. The van der Waals surface area contributed by atoms with Crippen molar-refractivity contribution < 1.29 is 13.2 Å². The summed E-state index contributed by atoms with van der Waals surface area (Å²) in [5.41, 5.74) is 0. The van der Waals surface area contributed by atoms with Crippen molar-refractivity contribution in [3.05, 3.63) is 0 Å². The highest BCUT2D eigenvalue weighted by molar-refractivity contribution is 7.92. The first-order valence-electron chi connectivity index (χ1n) is 4.32. The van der Waals surface area contributed by atoms with Crippen molar-refractivity contribution >= 4 is 15.7 Å². The van der Waals surface area contributed by atoms with Gasteiger partial charge < -0.3 is 4.90 Å². The quantitative estimate of drug-likeness (QED) is 0.639. The number of carbonyl (C=O) groups excluding carboxylic acids is 1. The summed E-state index contributed by atoms with van der Waals surface area (Å²) in [6.07, 6.45) is 0. The molecule has 0 aliphatic rings. The summed E-state index contributed by atoms with van der Waals surface area (Å²) in [4.78, 5) is 12.8. The van der Waals surface area contributed by atoms with Gasteiger partial charge in [0.05, 0.1) is 6.07 Å². The van der Waals surface area contributed by atoms with E-state index in [0.717, 1.165) is 0 Å². The second-order valence-electron chi connectivity index (χ2n) is 2.76. The first-order chi connectivity index (χ1) is 6.46. The molecule has 0 atom stereocenters. The van der Waals surface area contributed by atoms with Crippen LogP contribution in [0.4, 0.5) is 0 Å². The third-order valence-electron chi connectivity index (χ3n) is 1.74. The number of nitriles is 1. The molecule has 0 saturated carbocycles. The van der Waals surface area contributed by atoms with Crippen LogP contribution in [0.25, 0.3) is 0 Å². The lowest BCUT2D eigenvalue weighted by atomic mass is 10.5. The van der Waals surface area contributed by atoms with E-state index in [-0.39, 0.29) is 0 Å². The van der Waals surface area contributed by atoms with E-state index in [2.05, 4.69) is 0 Å². The molecule has 0 fully saturated rings. The van der Waals surface area contributed by atoms with Crippen LogP contribution in [0.3, 0.4) is 0 Å². The molecule has 0 saturated heterocycles. The van der Waals surface area contributed by atoms with E-state index in [1.54, 1.807) is 13.8 Å². The lowest BCUT2D eigenvalue weighted by Gasteiger charge is -2.17. The predicted octanol–water partition coefficient (Wildman–Crippen LogP) is -0.207. The zero-order chi connectivity index (χ0) is 11.2. The lowest BCUT2D eigenvalue weighted by Crippen LogP contribution is -2.35. The Morgan fingerprint density at radius 2 is 1.86 bits per heavy atom. The summed E-state index contributed by atoms with van der Waals surface area (Å²) in [7, 11) is -3.55. The molecule has 14 heavy (non-hydrogen) atoms. The molecule has 0 rings (SSSR count). The highest BCUT2D eigenvalue weighted by Crippen LogP contribution is 1.95. The summed E-state index contributed by atoms with van der Waals surface area (Å²) >= 11 is 0. The van der Waals surface area contributed by atoms with Crippen molar-refractivity contribution in [2.75, 3.05) is 24.6 Å². The molecule has 0 aliphatic carbocycles. The number of nitrogens with zero attached hydrogens (tertiary/aromatic N) is 2. The zero-order valence-electron chi connectivity index (χ0n) is 8.36. The number of hydrogen-bond donors (Lipinski definition) is 0. The molecule has 0 bridgehead atoms. The van der Waals surface area contributed by atoms with E-state index in [1.165, 1.54) is 11.0 Å². The van der Waals surface area contributed by atoms with Crippen LogP contribution in [0, 0.1) is 11.3 Å². The Morgan fingerprint density at radius 3 is 2.21 bits per heavy atom. The molecule has 0 heterocycles. The second-order valence-corrected chi connectivity index (χ2v) is 4.82. The highest BCUT2D eigenvalue weighted by Gasteiger charge is 2.19. The maximum Gasteiger partial charge on any atom is 0.237 e. The zero-order valence-corrected chi connectivity index (χ0v) is 9.17. The van der Waals surface area contributed by atoms with Crippen molar-refractivity contribution in [2.45, 2.75) is 13.8 Å². The fraction of sp³-hybridized carbons (Fsp3) is 0.750. The van der Waals surface area contributed by atoms with Crippen molar-refractivity contribution in [1.29, 1.82) is 5.26 Å². The maximum absolute atomic E-state index is 11.3. The molecule has 0 aromatic rings. The summed E-state index contributed by atoms with van der Waals surface area (Å²) < 4.78 is 22.2. The maximum atomic E-state index is 11.3. The van der Waals surface area contributed by atoms with Gasteiger partial charge in [0, 0.05) is 13.1 Å². The molecule has 0 spiro atoms. The van der Waals surface area contributed by atoms with Gasteiger partial charge in [0.25, 0.3) is 0 Å². The van der Waals surface area contributed by atoms with E-state index >= 15 is 0 Å². The van der Waals surface area contributed by atoms with Crippen LogP contribution in [0.1, 0.15) is 13.8 Å². The van der Waals surface area contributed by atoms with Crippen molar-refractivity contribution in [3.8, 4) is 6.07 Å². The Kier molecular flexibility index (Phi) is 5.16. The summed E-state index contributed by atoms with van der Waals surface area (Å²) in [5, 5.41) is 8.21. The number of rotatable bonds is 5. The molecule has 1 amide bonds. The Morgan fingerprint density at radius 1 is 1.36 bits per heavy atom. The minimum atomic E-state index is -3.55. The van der Waals surface area contributed by atoms with Crippen LogP contribution >= 0.6 is 0 Å². The number of hydrogen-bond acceptors (Lipinski definition) is 4. The van der Waals surface area contributed by atoms with Gasteiger partial charge in [-0.2, -0.15) is 5.26 Å². The Bertz CT molecular complexity index is 325. The molecule has 5 nitrogen and oxygen atoms in total. The van der Waals surface area contributed by atoms with Gasteiger partial charge in [0.1, 0.15) is 11.5 Å². The minimum absolute atomic E-state index is 0.440. The molecule has 0 aromatic heterocycles. The van der Waals surface area contributed by atoms with Crippen LogP contribution in [-0.2, 0) is 14.6 Å². The summed E-state index contributed by atoms with van der Waals surface area (Å²) in [5.74, 6) is -1.60. The Labute approximate surface area is 84.2 Å². The van der Waals surface area contributed by atoms with E-state index in [0.29, 0.717) is 13.1 Å². The van der Waals surface area contributed by atoms with Crippen molar-refractivity contribution in [3.63, 3.8) is 0 Å². The fourth-order valence-corrected chi connectivity index (χ4v) is 1.86. The first kappa shape index (κ1) is 12.9. The van der Waals surface area contributed by atoms with E-state index in [9.17, 15) is 13.2 Å². The summed E-state index contributed by atoms with van der Waals surface area (Å²) in [6.45, 7) is 4.52. The topological polar surface area (TPSA) is 78.2 Å². The van der Waals surface area contributed by atoms with Gasteiger partial charge in [0.2, 0.25) is 5.91 Å². The molecule has 80 valence electrons. The molecule has 0 aromatic carbocycles. The lowest BCUT2D eigenvalue weighted by molar-refractivity contribution is -0.128. The second kappa shape index (κ2) is 5.60. The normalized spacial score (nSPS) is 10.6. The van der Waals surface area contributed by atoms with Gasteiger partial charge in [-0.15, -0.1) is 0 Å². The minimum Gasteiger partial charge on any atom is -0.342 e. The number of amides is 1. The molecular weight excluding hydrogens is 204 g/mol. The van der Waals surface area contributed by atoms with E-state index < -0.39 is 27.3 Å². The van der Waals surface area contributed by atoms with Gasteiger partial charge in [-0.3, -0.25) is 4.79 Å². The van der Waals surface area contributed by atoms with Crippen molar-refractivity contribution in [1.82, 2.24) is 4.90 Å². The van der Waals surface area contributed by atoms with Crippen LogP contribution in [-0.4, -0.2) is 43.8 Å². The largest absolute Gasteiger partial charge is 0.342 e. The predicted molar refractivity (Wildman–Crippen MR) is 52.2 cm³/mol. The van der Waals surface area contributed by atoms with Crippen LogP contribution in [0.15, 0.2) is 0 Å². The number of carbonyl (C=O) groups is 1. The number of sulfone groups is 1. The van der Waals surface area contributed by atoms with E-state index in [4.69, 9.17) is 5.26 Å². The van der Waals surface area contributed by atoms with E-state index in [1.807, 2.05) is 0 Å². The molecule has 6 heteroatoms. The fourth-order valence-electron chi connectivity index (χ4n) is 1.01. The van der Waals surface area contributed by atoms with Crippen LogP contribution in [0.5, 0.6) is 0 Å². The SMILES string of the molecule is CCN(CC)C(=O)CS(=O)(=O)CC#N. The van der Waals surface area contributed by atoms with Crippen molar-refractivity contribution in [2.24, 2.45) is 0 Å². The third-order valence-corrected chi connectivity index (χ3v) is 3.00. The average molecular weight is 218 g/mol. The third kappa shape index (κ3) is 4.23. The van der Waals surface area contributed by atoms with Crippen LogP contribution < -0.4 is 0 Å². The van der Waals surface area contributed by atoms with Gasteiger partial charge in [-0.1, -0.05) is 0 Å². The van der Waals surface area contributed by atoms with Crippen LogP contribution in [0.2, 0.25) is 0 Å². The van der Waals surface area contributed by atoms with Gasteiger partial charge in [0.15, 0.2) is 9.84 Å². The summed E-state index contributed by atoms with van der Waals surface area (Å²) in [6, 6.07) is 1.53. The average Bonchev–Trinajstić information content (AvgIpc) is 2.04. The Balaban J connectivity index is 4.40. The smallest absolute Gasteiger partial charge is 0.237 e. The molecule has 0 unspecified atom stereocenters. The monoisotopic (exact) mass is 218 g/mol. The van der Waals surface area contributed by atoms with Gasteiger partial charge in [-0.05, 0) is 13.8 Å².